The number of phenols is 2. The number of anilines is 2. The molecular weight excluding hydrogens is 252 g/mol. The van der Waals surface area contributed by atoms with Gasteiger partial charge in [-0.2, -0.15) is 0 Å². The minimum atomic E-state index is -0.257. The number of rotatable bonds is 7. The molecule has 0 spiro atoms. The second-order valence-corrected chi connectivity index (χ2v) is 3.59. The van der Waals surface area contributed by atoms with Crippen molar-refractivity contribution in [2.24, 2.45) is 0 Å². The standard InChI is InChI=1S/C12H18N2O5/c1-4-13-7-9(16)8(14-5-6-15)12(19-3)10(17)11(7)18-2/h6,13-14,16-17H,4-5H2,1-3H3. The summed E-state index contributed by atoms with van der Waals surface area (Å²) in [6, 6.07) is 0. The van der Waals surface area contributed by atoms with Crippen LogP contribution in [0.2, 0.25) is 0 Å². The summed E-state index contributed by atoms with van der Waals surface area (Å²) in [7, 11) is 2.71. The third-order valence-electron chi connectivity index (χ3n) is 2.48. The van der Waals surface area contributed by atoms with E-state index in [0.717, 1.165) is 0 Å². The average Bonchev–Trinajstić information content (AvgIpc) is 2.41. The van der Waals surface area contributed by atoms with E-state index < -0.39 is 0 Å². The van der Waals surface area contributed by atoms with Gasteiger partial charge in [0.25, 0.3) is 0 Å². The molecule has 0 atom stereocenters. The van der Waals surface area contributed by atoms with Crippen molar-refractivity contribution < 1.29 is 24.5 Å². The molecule has 1 aromatic carbocycles. The van der Waals surface area contributed by atoms with Crippen LogP contribution in [0.5, 0.6) is 23.0 Å². The smallest absolute Gasteiger partial charge is 0.205 e. The predicted molar refractivity (Wildman–Crippen MR) is 71.6 cm³/mol. The van der Waals surface area contributed by atoms with Crippen LogP contribution in [0.15, 0.2) is 0 Å². The lowest BCUT2D eigenvalue weighted by Gasteiger charge is -2.20. The lowest BCUT2D eigenvalue weighted by Crippen LogP contribution is -2.07. The molecule has 106 valence electrons. The number of phenolic OH excluding ortho intramolecular Hbond substituents is 2. The van der Waals surface area contributed by atoms with Gasteiger partial charge < -0.3 is 35.1 Å². The number of nitrogens with one attached hydrogen (secondary N) is 2. The molecule has 4 N–H and O–H groups in total. The molecule has 0 amide bonds. The maximum atomic E-state index is 10.4. The first-order valence-electron chi connectivity index (χ1n) is 5.73. The molecule has 0 radical (unpaired) electrons. The highest BCUT2D eigenvalue weighted by molar-refractivity contribution is 5.87. The molecule has 0 bridgehead atoms. The van der Waals surface area contributed by atoms with E-state index in [1.807, 2.05) is 6.92 Å². The lowest BCUT2D eigenvalue weighted by molar-refractivity contribution is -0.106. The Morgan fingerprint density at radius 3 is 2.00 bits per heavy atom. The molecule has 7 nitrogen and oxygen atoms in total. The summed E-state index contributed by atoms with van der Waals surface area (Å²) in [5, 5.41) is 25.8. The fourth-order valence-corrected chi connectivity index (χ4v) is 1.73. The first-order chi connectivity index (χ1) is 9.12. The van der Waals surface area contributed by atoms with E-state index in [1.54, 1.807) is 0 Å². The van der Waals surface area contributed by atoms with Crippen molar-refractivity contribution in [1.29, 1.82) is 0 Å². The van der Waals surface area contributed by atoms with Gasteiger partial charge >= 0.3 is 0 Å². The van der Waals surface area contributed by atoms with Crippen LogP contribution in [0.1, 0.15) is 6.92 Å². The van der Waals surface area contributed by atoms with Crippen LogP contribution < -0.4 is 20.1 Å². The van der Waals surface area contributed by atoms with E-state index in [1.165, 1.54) is 14.2 Å². The van der Waals surface area contributed by atoms with Gasteiger partial charge in [-0.05, 0) is 6.92 Å². The van der Waals surface area contributed by atoms with Crippen molar-refractivity contribution in [3.05, 3.63) is 0 Å². The van der Waals surface area contributed by atoms with Gasteiger partial charge in [0.15, 0.2) is 17.2 Å². The van der Waals surface area contributed by atoms with Gasteiger partial charge in [0.2, 0.25) is 5.75 Å². The fourth-order valence-electron chi connectivity index (χ4n) is 1.73. The highest BCUT2D eigenvalue weighted by atomic mass is 16.5. The molecule has 0 saturated carbocycles. The zero-order valence-electron chi connectivity index (χ0n) is 11.1. The summed E-state index contributed by atoms with van der Waals surface area (Å²) in [5.74, 6) is -0.354. The molecule has 0 aliphatic carbocycles. The molecule has 7 heteroatoms. The van der Waals surface area contributed by atoms with Gasteiger partial charge in [-0.15, -0.1) is 0 Å². The molecule has 0 heterocycles. The minimum absolute atomic E-state index is 0.0119. The second-order valence-electron chi connectivity index (χ2n) is 3.59. The number of carbonyl (C=O) groups is 1. The van der Waals surface area contributed by atoms with Crippen LogP contribution in [0.4, 0.5) is 11.4 Å². The van der Waals surface area contributed by atoms with Gasteiger partial charge in [-0.25, -0.2) is 0 Å². The Balaban J connectivity index is 3.47. The van der Waals surface area contributed by atoms with Gasteiger partial charge in [0.05, 0.1) is 20.8 Å². The molecule has 0 aliphatic heterocycles. The quantitative estimate of drug-likeness (QED) is 0.335. The van der Waals surface area contributed by atoms with E-state index >= 15 is 0 Å². The van der Waals surface area contributed by atoms with E-state index in [0.29, 0.717) is 12.8 Å². The van der Waals surface area contributed by atoms with Crippen LogP contribution in [-0.4, -0.2) is 43.8 Å². The van der Waals surface area contributed by atoms with Crippen molar-refractivity contribution in [3.8, 4) is 23.0 Å². The van der Waals surface area contributed by atoms with Gasteiger partial charge in [0, 0.05) is 6.54 Å². The number of methoxy groups -OCH3 is 2. The summed E-state index contributed by atoms with van der Waals surface area (Å²) in [4.78, 5) is 10.4. The Kier molecular flexibility index (Phi) is 5.11. The van der Waals surface area contributed by atoms with E-state index in [-0.39, 0.29) is 40.9 Å². The van der Waals surface area contributed by atoms with E-state index in [9.17, 15) is 15.0 Å². The molecule has 0 saturated heterocycles. The molecule has 0 aliphatic rings. The van der Waals surface area contributed by atoms with Crippen LogP contribution in [0.25, 0.3) is 0 Å². The zero-order chi connectivity index (χ0) is 14.4. The molecule has 19 heavy (non-hydrogen) atoms. The van der Waals surface area contributed by atoms with Crippen molar-refractivity contribution in [2.45, 2.75) is 6.92 Å². The van der Waals surface area contributed by atoms with E-state index in [2.05, 4.69) is 10.6 Å². The van der Waals surface area contributed by atoms with Crippen molar-refractivity contribution in [2.75, 3.05) is 37.9 Å². The Hall–Kier alpha value is -2.31. The largest absolute Gasteiger partial charge is 0.504 e. The van der Waals surface area contributed by atoms with Gasteiger partial charge in [0.1, 0.15) is 17.7 Å². The first kappa shape index (κ1) is 14.7. The number of aromatic hydroxyl groups is 2. The highest BCUT2D eigenvalue weighted by Crippen LogP contribution is 2.53. The molecule has 1 rings (SSSR count). The van der Waals surface area contributed by atoms with E-state index in [4.69, 9.17) is 9.47 Å². The number of ether oxygens (including phenoxy) is 2. The Bertz CT molecular complexity index is 462. The number of carbonyl (C=O) groups excluding carboxylic acids is 1. The van der Waals surface area contributed by atoms with Crippen molar-refractivity contribution >= 4 is 17.7 Å². The Morgan fingerprint density at radius 2 is 1.58 bits per heavy atom. The third-order valence-corrected chi connectivity index (χ3v) is 2.48. The average molecular weight is 270 g/mol. The monoisotopic (exact) mass is 270 g/mol. The second kappa shape index (κ2) is 6.58. The first-order valence-corrected chi connectivity index (χ1v) is 5.73. The van der Waals surface area contributed by atoms with Crippen LogP contribution in [0.3, 0.4) is 0 Å². The molecular formula is C12H18N2O5. The fraction of sp³-hybridized carbons (Fsp3) is 0.417. The molecule has 0 unspecified atom stereocenters. The van der Waals surface area contributed by atoms with Crippen molar-refractivity contribution in [1.82, 2.24) is 0 Å². The summed E-state index contributed by atoms with van der Waals surface area (Å²) in [6.07, 6.45) is 0.632. The van der Waals surface area contributed by atoms with Crippen LogP contribution in [0, 0.1) is 0 Å². The van der Waals surface area contributed by atoms with Crippen LogP contribution in [-0.2, 0) is 4.79 Å². The Labute approximate surface area is 111 Å². The Morgan fingerprint density at radius 1 is 1.05 bits per heavy atom. The summed E-state index contributed by atoms with van der Waals surface area (Å²) < 4.78 is 10.1. The molecule has 0 fully saturated rings. The number of hydrogen-bond donors (Lipinski definition) is 4. The molecule has 0 aromatic heterocycles. The summed E-state index contributed by atoms with van der Waals surface area (Å²) in [5.41, 5.74) is 0.362. The number of benzene rings is 1. The zero-order valence-corrected chi connectivity index (χ0v) is 11.1. The molecule has 1 aromatic rings. The SMILES string of the molecule is CCNc1c(O)c(NCC=O)c(OC)c(O)c1OC. The highest BCUT2D eigenvalue weighted by Gasteiger charge is 2.25. The van der Waals surface area contributed by atoms with Crippen molar-refractivity contribution in [3.63, 3.8) is 0 Å². The third kappa shape index (κ3) is 2.75. The number of hydrogen-bond acceptors (Lipinski definition) is 7. The lowest BCUT2D eigenvalue weighted by atomic mass is 10.1. The predicted octanol–water partition coefficient (Wildman–Crippen LogP) is 1.16. The van der Waals surface area contributed by atoms with Gasteiger partial charge in [-0.1, -0.05) is 0 Å². The maximum absolute atomic E-state index is 10.4. The number of aldehydes is 1. The normalized spacial score (nSPS) is 9.84. The summed E-state index contributed by atoms with van der Waals surface area (Å²) in [6.45, 7) is 2.32. The summed E-state index contributed by atoms with van der Waals surface area (Å²) >= 11 is 0. The minimum Gasteiger partial charge on any atom is -0.504 e. The topological polar surface area (TPSA) is 100 Å². The van der Waals surface area contributed by atoms with Crippen LogP contribution >= 0.6 is 0 Å². The maximum Gasteiger partial charge on any atom is 0.205 e. The van der Waals surface area contributed by atoms with Gasteiger partial charge in [-0.3, -0.25) is 0 Å².